The van der Waals surface area contributed by atoms with Gasteiger partial charge in [-0.2, -0.15) is 0 Å². The second-order valence-corrected chi connectivity index (χ2v) is 5.76. The Labute approximate surface area is 127 Å². The van der Waals surface area contributed by atoms with E-state index >= 15 is 0 Å². The van der Waals surface area contributed by atoms with Gasteiger partial charge in [-0.15, -0.1) is 0 Å². The lowest BCUT2D eigenvalue weighted by Crippen LogP contribution is -2.12. The zero-order valence-corrected chi connectivity index (χ0v) is 13.4. The monoisotopic (exact) mass is 287 g/mol. The molecule has 2 aromatic carbocycles. The Balaban J connectivity index is 2.55. The first-order valence-corrected chi connectivity index (χ1v) is 7.48. The molecule has 0 unspecified atom stereocenters. The van der Waals surface area contributed by atoms with Crippen molar-refractivity contribution in [3.05, 3.63) is 57.6 Å². The van der Waals surface area contributed by atoms with Gasteiger partial charge >= 0.3 is 0 Å². The third kappa shape index (κ3) is 3.23. The van der Waals surface area contributed by atoms with Crippen LogP contribution in [0.1, 0.15) is 29.2 Å². The topological polar surface area (TPSA) is 12.0 Å². The van der Waals surface area contributed by atoms with Gasteiger partial charge in [-0.25, -0.2) is 0 Å². The van der Waals surface area contributed by atoms with E-state index in [4.69, 9.17) is 11.6 Å². The SMILES string of the molecule is CCNCc1ccc(C)cc1-c1cc(C)c(Cl)cc1C. The van der Waals surface area contributed by atoms with Crippen LogP contribution in [0.25, 0.3) is 11.1 Å². The lowest BCUT2D eigenvalue weighted by molar-refractivity contribution is 0.727. The minimum atomic E-state index is 0.840. The fourth-order valence-corrected chi connectivity index (χ4v) is 2.64. The second-order valence-electron chi connectivity index (χ2n) is 5.36. The molecule has 0 saturated carbocycles. The van der Waals surface area contributed by atoms with Crippen LogP contribution in [0.4, 0.5) is 0 Å². The summed E-state index contributed by atoms with van der Waals surface area (Å²) in [5, 5.41) is 4.25. The summed E-state index contributed by atoms with van der Waals surface area (Å²) < 4.78 is 0. The van der Waals surface area contributed by atoms with E-state index in [0.29, 0.717) is 0 Å². The maximum atomic E-state index is 6.22. The summed E-state index contributed by atoms with van der Waals surface area (Å²) in [6, 6.07) is 10.9. The fraction of sp³-hybridized carbons (Fsp3) is 0.333. The third-order valence-corrected chi connectivity index (χ3v) is 4.03. The quantitative estimate of drug-likeness (QED) is 0.830. The molecule has 0 radical (unpaired) electrons. The van der Waals surface area contributed by atoms with Crippen molar-refractivity contribution in [2.45, 2.75) is 34.2 Å². The lowest BCUT2D eigenvalue weighted by atomic mass is 9.93. The molecule has 0 bridgehead atoms. The normalized spacial score (nSPS) is 10.8. The van der Waals surface area contributed by atoms with Crippen molar-refractivity contribution in [2.24, 2.45) is 0 Å². The van der Waals surface area contributed by atoms with Crippen molar-refractivity contribution in [1.29, 1.82) is 0 Å². The van der Waals surface area contributed by atoms with Crippen LogP contribution in [0.15, 0.2) is 30.3 Å². The average Bonchev–Trinajstić information content (AvgIpc) is 2.41. The number of halogens is 1. The Morgan fingerprint density at radius 1 is 0.950 bits per heavy atom. The summed E-state index contributed by atoms with van der Waals surface area (Å²) in [6.07, 6.45) is 0. The molecule has 1 N–H and O–H groups in total. The van der Waals surface area contributed by atoms with Crippen molar-refractivity contribution in [3.63, 3.8) is 0 Å². The number of benzene rings is 2. The van der Waals surface area contributed by atoms with Crippen LogP contribution < -0.4 is 5.32 Å². The average molecular weight is 288 g/mol. The minimum Gasteiger partial charge on any atom is -0.313 e. The van der Waals surface area contributed by atoms with Crippen LogP contribution in [-0.4, -0.2) is 6.54 Å². The van der Waals surface area contributed by atoms with Gasteiger partial charge in [0.05, 0.1) is 0 Å². The molecular formula is C18H22ClN. The van der Waals surface area contributed by atoms with Crippen LogP contribution in [0.2, 0.25) is 5.02 Å². The van der Waals surface area contributed by atoms with E-state index in [1.54, 1.807) is 0 Å². The number of aryl methyl sites for hydroxylation is 3. The minimum absolute atomic E-state index is 0.840. The number of rotatable bonds is 4. The highest BCUT2D eigenvalue weighted by Crippen LogP contribution is 2.31. The van der Waals surface area contributed by atoms with Gasteiger partial charge in [0.2, 0.25) is 0 Å². The number of nitrogens with one attached hydrogen (secondary N) is 1. The van der Waals surface area contributed by atoms with E-state index in [1.807, 2.05) is 0 Å². The molecule has 0 aliphatic rings. The molecule has 0 aromatic heterocycles. The summed E-state index contributed by atoms with van der Waals surface area (Å²) in [5.74, 6) is 0. The lowest BCUT2D eigenvalue weighted by Gasteiger charge is -2.15. The van der Waals surface area contributed by atoms with Crippen LogP contribution in [-0.2, 0) is 6.54 Å². The van der Waals surface area contributed by atoms with Gasteiger partial charge in [0.1, 0.15) is 0 Å². The standard InChI is InChI=1S/C18H22ClN/c1-5-20-11-15-7-6-12(2)8-17(15)16-9-14(4)18(19)10-13(16)3/h6-10,20H,5,11H2,1-4H3. The molecular weight excluding hydrogens is 266 g/mol. The second kappa shape index (κ2) is 6.43. The molecule has 0 atom stereocenters. The Kier molecular flexibility index (Phi) is 4.85. The Morgan fingerprint density at radius 3 is 2.40 bits per heavy atom. The van der Waals surface area contributed by atoms with Gasteiger partial charge in [-0.1, -0.05) is 42.3 Å². The van der Waals surface area contributed by atoms with Gasteiger partial charge in [-0.05, 0) is 67.3 Å². The molecule has 2 rings (SSSR count). The summed E-state index contributed by atoms with van der Waals surface area (Å²) >= 11 is 6.22. The molecule has 106 valence electrons. The molecule has 20 heavy (non-hydrogen) atoms. The first-order valence-electron chi connectivity index (χ1n) is 7.10. The predicted molar refractivity (Wildman–Crippen MR) is 88.5 cm³/mol. The molecule has 0 aliphatic heterocycles. The summed E-state index contributed by atoms with van der Waals surface area (Å²) in [7, 11) is 0. The highest BCUT2D eigenvalue weighted by Gasteiger charge is 2.10. The maximum Gasteiger partial charge on any atom is 0.0438 e. The van der Waals surface area contributed by atoms with E-state index in [2.05, 4.69) is 63.3 Å². The first-order chi connectivity index (χ1) is 9.52. The van der Waals surface area contributed by atoms with Gasteiger partial charge in [0, 0.05) is 11.6 Å². The van der Waals surface area contributed by atoms with Crippen LogP contribution in [0.3, 0.4) is 0 Å². The molecule has 0 spiro atoms. The molecule has 1 nitrogen and oxygen atoms in total. The smallest absolute Gasteiger partial charge is 0.0438 e. The van der Waals surface area contributed by atoms with E-state index in [1.165, 1.54) is 27.8 Å². The Bertz CT molecular complexity index is 617. The van der Waals surface area contributed by atoms with E-state index in [0.717, 1.165) is 23.7 Å². The highest BCUT2D eigenvalue weighted by molar-refractivity contribution is 6.31. The molecule has 2 heteroatoms. The molecule has 2 aromatic rings. The van der Waals surface area contributed by atoms with Crippen LogP contribution >= 0.6 is 11.6 Å². The zero-order valence-electron chi connectivity index (χ0n) is 12.7. The van der Waals surface area contributed by atoms with Crippen molar-refractivity contribution in [2.75, 3.05) is 6.54 Å². The van der Waals surface area contributed by atoms with Crippen molar-refractivity contribution < 1.29 is 0 Å². The zero-order chi connectivity index (χ0) is 14.7. The molecule has 0 aliphatic carbocycles. The van der Waals surface area contributed by atoms with Crippen molar-refractivity contribution in [1.82, 2.24) is 5.32 Å². The first kappa shape index (κ1) is 15.1. The Morgan fingerprint density at radius 2 is 1.70 bits per heavy atom. The largest absolute Gasteiger partial charge is 0.313 e. The van der Waals surface area contributed by atoms with Gasteiger partial charge in [0.25, 0.3) is 0 Å². The predicted octanol–water partition coefficient (Wildman–Crippen LogP) is 5.04. The van der Waals surface area contributed by atoms with Gasteiger partial charge in [-0.3, -0.25) is 0 Å². The summed E-state index contributed by atoms with van der Waals surface area (Å²) in [5.41, 5.74) is 7.56. The van der Waals surface area contributed by atoms with E-state index in [9.17, 15) is 0 Å². The highest BCUT2D eigenvalue weighted by atomic mass is 35.5. The molecule has 0 fully saturated rings. The summed E-state index contributed by atoms with van der Waals surface area (Å²) in [4.78, 5) is 0. The molecule has 0 saturated heterocycles. The van der Waals surface area contributed by atoms with Crippen LogP contribution in [0.5, 0.6) is 0 Å². The Hall–Kier alpha value is -1.31. The van der Waals surface area contributed by atoms with Gasteiger partial charge < -0.3 is 5.32 Å². The maximum absolute atomic E-state index is 6.22. The molecule has 0 heterocycles. The number of hydrogen-bond donors (Lipinski definition) is 1. The third-order valence-electron chi connectivity index (χ3n) is 3.63. The van der Waals surface area contributed by atoms with Gasteiger partial charge in [0.15, 0.2) is 0 Å². The van der Waals surface area contributed by atoms with Crippen molar-refractivity contribution >= 4 is 11.6 Å². The van der Waals surface area contributed by atoms with E-state index in [-0.39, 0.29) is 0 Å². The summed E-state index contributed by atoms with van der Waals surface area (Å²) in [6.45, 7) is 10.3. The van der Waals surface area contributed by atoms with Crippen molar-refractivity contribution in [3.8, 4) is 11.1 Å². The van der Waals surface area contributed by atoms with Crippen LogP contribution in [0, 0.1) is 20.8 Å². The number of hydrogen-bond acceptors (Lipinski definition) is 1. The van der Waals surface area contributed by atoms with E-state index < -0.39 is 0 Å². The molecule has 0 amide bonds. The fourth-order valence-electron chi connectivity index (χ4n) is 2.43.